The Morgan fingerprint density at radius 3 is 2.74 bits per heavy atom. The molecule has 1 aromatic carbocycles. The highest BCUT2D eigenvalue weighted by molar-refractivity contribution is 5.76. The third-order valence-electron chi connectivity index (χ3n) is 6.45. The van der Waals surface area contributed by atoms with Gasteiger partial charge < -0.3 is 14.7 Å². The number of rotatable bonds is 2. The molecule has 2 aliphatic rings. The van der Waals surface area contributed by atoms with Crippen LogP contribution in [-0.4, -0.2) is 48.1 Å². The van der Waals surface area contributed by atoms with Crippen LogP contribution in [0.5, 0.6) is 5.75 Å². The summed E-state index contributed by atoms with van der Waals surface area (Å²) < 4.78 is 10.1. The van der Waals surface area contributed by atoms with Gasteiger partial charge in [-0.15, -0.1) is 0 Å². The molecule has 1 unspecified atom stereocenters. The molecule has 8 heteroatoms. The van der Waals surface area contributed by atoms with Crippen molar-refractivity contribution in [3.05, 3.63) is 60.7 Å². The molecule has 0 saturated carbocycles. The maximum Gasteiger partial charge on any atom is 0.163 e. The van der Waals surface area contributed by atoms with E-state index in [9.17, 15) is 5.11 Å². The van der Waals surface area contributed by atoms with Gasteiger partial charge in [-0.3, -0.25) is 9.25 Å². The molecule has 0 amide bonds. The lowest BCUT2D eigenvalue weighted by molar-refractivity contribution is -0.0311. The summed E-state index contributed by atoms with van der Waals surface area (Å²) in [4.78, 5) is 11.7. The maximum atomic E-state index is 10.6. The molecule has 1 spiro atoms. The molecule has 158 valence electrons. The Bertz CT molecular complexity index is 1250. The molecule has 8 nitrogen and oxygen atoms in total. The molecule has 1 N–H and O–H groups in total. The Balaban J connectivity index is 1.23. The first-order valence-corrected chi connectivity index (χ1v) is 10.7. The van der Waals surface area contributed by atoms with Crippen LogP contribution in [0.25, 0.3) is 16.9 Å². The summed E-state index contributed by atoms with van der Waals surface area (Å²) in [6.45, 7) is 1.65. The van der Waals surface area contributed by atoms with Gasteiger partial charge in [-0.1, -0.05) is 18.2 Å². The molecule has 0 bridgehead atoms. The molecular weight excluding hydrogens is 392 g/mol. The second-order valence-corrected chi connectivity index (χ2v) is 8.50. The van der Waals surface area contributed by atoms with E-state index in [-0.39, 0.29) is 5.60 Å². The van der Waals surface area contributed by atoms with Crippen molar-refractivity contribution < 1.29 is 9.84 Å². The summed E-state index contributed by atoms with van der Waals surface area (Å²) >= 11 is 0. The summed E-state index contributed by atoms with van der Waals surface area (Å²) in [6.07, 6.45) is 5.35. The van der Waals surface area contributed by atoms with E-state index < -0.39 is 6.10 Å². The molecule has 0 radical (unpaired) electrons. The lowest BCUT2D eigenvalue weighted by Gasteiger charge is -2.45. The van der Waals surface area contributed by atoms with Crippen LogP contribution in [0.1, 0.15) is 31.1 Å². The number of nitrogens with zero attached hydrogens (tertiary/aromatic N) is 6. The molecule has 0 aliphatic carbocycles. The van der Waals surface area contributed by atoms with Crippen molar-refractivity contribution in [1.82, 2.24) is 24.3 Å². The van der Waals surface area contributed by atoms with Gasteiger partial charge in [0, 0.05) is 39.4 Å². The number of fused-ring (bicyclic) bond motifs is 2. The fourth-order valence-corrected chi connectivity index (χ4v) is 4.83. The van der Waals surface area contributed by atoms with Crippen LogP contribution in [-0.2, 0) is 7.05 Å². The standard InChI is InChI=1S/C23H24N6O2/c1-27-14-19-22(26-27)18(30)13-23(31-19)9-11-28(12-10-23)20-7-4-8-21(25-20)29-15-24-16-5-2-3-6-17(16)29/h2-8,14-15,18,30H,9-13H2,1H3. The van der Waals surface area contributed by atoms with Gasteiger partial charge in [0.1, 0.15) is 35.4 Å². The van der Waals surface area contributed by atoms with E-state index in [4.69, 9.17) is 9.72 Å². The summed E-state index contributed by atoms with van der Waals surface area (Å²) in [5.41, 5.74) is 2.31. The van der Waals surface area contributed by atoms with Crippen LogP contribution in [0, 0.1) is 0 Å². The van der Waals surface area contributed by atoms with Crippen molar-refractivity contribution in [2.24, 2.45) is 7.05 Å². The fraction of sp³-hybridized carbons (Fsp3) is 0.348. The number of hydrogen-bond donors (Lipinski definition) is 1. The third-order valence-corrected chi connectivity index (χ3v) is 6.45. The summed E-state index contributed by atoms with van der Waals surface area (Å²) in [5, 5.41) is 15.0. The van der Waals surface area contributed by atoms with Crippen LogP contribution < -0.4 is 9.64 Å². The number of anilines is 1. The largest absolute Gasteiger partial charge is 0.483 e. The normalized spacial score (nSPS) is 20.1. The number of benzene rings is 1. The molecule has 1 saturated heterocycles. The first-order chi connectivity index (χ1) is 15.1. The minimum atomic E-state index is -0.576. The first-order valence-electron chi connectivity index (χ1n) is 10.7. The molecule has 5 heterocycles. The monoisotopic (exact) mass is 416 g/mol. The van der Waals surface area contributed by atoms with Gasteiger partial charge in [0.25, 0.3) is 0 Å². The number of aliphatic hydroxyl groups is 1. The fourth-order valence-electron chi connectivity index (χ4n) is 4.83. The summed E-state index contributed by atoms with van der Waals surface area (Å²) in [7, 11) is 1.85. The van der Waals surface area contributed by atoms with Gasteiger partial charge in [-0.2, -0.15) is 5.10 Å². The predicted octanol–water partition coefficient (Wildman–Crippen LogP) is 3.01. The van der Waals surface area contributed by atoms with Crippen molar-refractivity contribution in [2.75, 3.05) is 18.0 Å². The number of para-hydroxylation sites is 2. The maximum absolute atomic E-state index is 10.6. The van der Waals surface area contributed by atoms with Crippen LogP contribution in [0.2, 0.25) is 0 Å². The zero-order valence-corrected chi connectivity index (χ0v) is 17.3. The molecule has 3 aromatic heterocycles. The highest BCUT2D eigenvalue weighted by atomic mass is 16.5. The van der Waals surface area contributed by atoms with Gasteiger partial charge in [-0.05, 0) is 24.3 Å². The van der Waals surface area contributed by atoms with Crippen molar-refractivity contribution in [2.45, 2.75) is 31.0 Å². The van der Waals surface area contributed by atoms with E-state index >= 15 is 0 Å². The molecular formula is C23H24N6O2. The molecule has 4 aromatic rings. The van der Waals surface area contributed by atoms with Gasteiger partial charge >= 0.3 is 0 Å². The SMILES string of the molecule is Cn1cc2c(n1)C(O)CC1(CCN(c3cccc(-n4cnc5ccccc54)n3)CC1)O2. The minimum Gasteiger partial charge on any atom is -0.483 e. The molecule has 6 rings (SSSR count). The number of hydrogen-bond acceptors (Lipinski definition) is 6. The number of piperidine rings is 1. The highest BCUT2D eigenvalue weighted by Gasteiger charge is 2.44. The van der Waals surface area contributed by atoms with E-state index in [1.807, 2.05) is 54.5 Å². The van der Waals surface area contributed by atoms with E-state index in [0.29, 0.717) is 17.9 Å². The van der Waals surface area contributed by atoms with Crippen LogP contribution in [0.3, 0.4) is 0 Å². The molecule has 31 heavy (non-hydrogen) atoms. The highest BCUT2D eigenvalue weighted by Crippen LogP contribution is 2.44. The average Bonchev–Trinajstić information content (AvgIpc) is 3.37. The Labute approximate surface area is 179 Å². The second-order valence-electron chi connectivity index (χ2n) is 8.50. The van der Waals surface area contributed by atoms with Crippen LogP contribution in [0.4, 0.5) is 5.82 Å². The number of aryl methyl sites for hydroxylation is 1. The summed E-state index contributed by atoms with van der Waals surface area (Å²) in [5.74, 6) is 2.51. The quantitative estimate of drug-likeness (QED) is 0.541. The second kappa shape index (κ2) is 6.81. The Kier molecular flexibility index (Phi) is 4.04. The Morgan fingerprint density at radius 1 is 1.06 bits per heavy atom. The van der Waals surface area contributed by atoms with E-state index in [1.54, 1.807) is 4.68 Å². The van der Waals surface area contributed by atoms with Crippen molar-refractivity contribution >= 4 is 16.9 Å². The van der Waals surface area contributed by atoms with Gasteiger partial charge in [0.15, 0.2) is 5.75 Å². The number of aliphatic hydroxyl groups excluding tert-OH is 1. The first kappa shape index (κ1) is 18.4. The molecule has 1 fully saturated rings. The lowest BCUT2D eigenvalue weighted by atomic mass is 9.83. The smallest absolute Gasteiger partial charge is 0.163 e. The number of pyridine rings is 1. The lowest BCUT2D eigenvalue weighted by Crippen LogP contribution is -2.50. The van der Waals surface area contributed by atoms with Crippen molar-refractivity contribution in [3.63, 3.8) is 0 Å². The van der Waals surface area contributed by atoms with Gasteiger partial charge in [-0.25, -0.2) is 9.97 Å². The number of ether oxygens (including phenoxy) is 1. The van der Waals surface area contributed by atoms with Gasteiger partial charge in [0.05, 0.1) is 17.2 Å². The minimum absolute atomic E-state index is 0.343. The molecule has 1 atom stereocenters. The topological polar surface area (TPSA) is 81.2 Å². The zero-order chi connectivity index (χ0) is 21.0. The van der Waals surface area contributed by atoms with Gasteiger partial charge in [0.2, 0.25) is 0 Å². The number of aromatic nitrogens is 5. The molecule has 2 aliphatic heterocycles. The van der Waals surface area contributed by atoms with E-state index in [2.05, 4.69) is 27.1 Å². The average molecular weight is 416 g/mol. The van der Waals surface area contributed by atoms with E-state index in [0.717, 1.165) is 48.6 Å². The summed E-state index contributed by atoms with van der Waals surface area (Å²) in [6, 6.07) is 14.2. The Hall–Kier alpha value is -3.39. The van der Waals surface area contributed by atoms with Crippen LogP contribution in [0.15, 0.2) is 55.0 Å². The third kappa shape index (κ3) is 3.06. The number of imidazole rings is 1. The van der Waals surface area contributed by atoms with E-state index in [1.165, 1.54) is 0 Å². The van der Waals surface area contributed by atoms with Crippen molar-refractivity contribution in [3.8, 4) is 11.6 Å². The van der Waals surface area contributed by atoms with Crippen molar-refractivity contribution in [1.29, 1.82) is 0 Å². The predicted molar refractivity (Wildman–Crippen MR) is 116 cm³/mol. The van der Waals surface area contributed by atoms with Crippen LogP contribution >= 0.6 is 0 Å². The Morgan fingerprint density at radius 2 is 1.87 bits per heavy atom. The zero-order valence-electron chi connectivity index (χ0n) is 17.3.